The number of hydrogen-bond donors (Lipinski definition) is 0. The minimum Gasteiger partial charge on any atom is -0.299 e. The smallest absolute Gasteiger partial charge is 0.173 e. The van der Waals surface area contributed by atoms with Crippen LogP contribution in [0.25, 0.3) is 0 Å². The minimum absolute atomic E-state index is 0.00528. The first kappa shape index (κ1) is 10.6. The number of carbonyl (C=O) groups is 2. The van der Waals surface area contributed by atoms with Crippen molar-refractivity contribution in [1.82, 2.24) is 0 Å². The van der Waals surface area contributed by atoms with Gasteiger partial charge in [-0.15, -0.1) is 0 Å². The van der Waals surface area contributed by atoms with Crippen molar-refractivity contribution in [3.8, 4) is 0 Å². The van der Waals surface area contributed by atoms with Gasteiger partial charge in [0, 0.05) is 6.42 Å². The maximum Gasteiger partial charge on any atom is 0.173 e. The Morgan fingerprint density at radius 2 is 1.93 bits per heavy atom. The molecule has 0 saturated heterocycles. The molecular weight excluding hydrogens is 183 g/mol. The van der Waals surface area contributed by atoms with Crippen LogP contribution < -0.4 is 0 Å². The third kappa shape index (κ3) is 2.49. The van der Waals surface area contributed by atoms with Crippen LogP contribution in [0.2, 0.25) is 0 Å². The SMILES string of the molecule is CCC(=O)CC(=O)c1ccccc1F. The lowest BCUT2D eigenvalue weighted by Gasteiger charge is -2.00. The van der Waals surface area contributed by atoms with E-state index in [1.165, 1.54) is 18.2 Å². The van der Waals surface area contributed by atoms with E-state index in [0.717, 1.165) is 0 Å². The fourth-order valence-electron chi connectivity index (χ4n) is 1.09. The molecule has 0 saturated carbocycles. The van der Waals surface area contributed by atoms with E-state index in [1.807, 2.05) is 0 Å². The molecule has 74 valence electrons. The summed E-state index contributed by atoms with van der Waals surface area (Å²) in [6.45, 7) is 1.68. The molecule has 3 heteroatoms. The van der Waals surface area contributed by atoms with Crippen LogP contribution in [0.4, 0.5) is 4.39 Å². The summed E-state index contributed by atoms with van der Waals surface area (Å²) in [5, 5.41) is 0. The Bertz CT molecular complexity index is 358. The van der Waals surface area contributed by atoms with E-state index in [9.17, 15) is 14.0 Å². The molecule has 1 aromatic carbocycles. The van der Waals surface area contributed by atoms with Crippen LogP contribution in [0.15, 0.2) is 24.3 Å². The monoisotopic (exact) mass is 194 g/mol. The second kappa shape index (κ2) is 4.65. The number of Topliss-reactive ketones (excluding diaryl/α,β-unsaturated/α-hetero) is 2. The summed E-state index contributed by atoms with van der Waals surface area (Å²) < 4.78 is 13.1. The van der Waals surface area contributed by atoms with E-state index in [0.29, 0.717) is 6.42 Å². The van der Waals surface area contributed by atoms with Gasteiger partial charge in [0.15, 0.2) is 5.78 Å². The summed E-state index contributed by atoms with van der Waals surface area (Å²) >= 11 is 0. The molecular formula is C11H11FO2. The van der Waals surface area contributed by atoms with Crippen LogP contribution in [0.5, 0.6) is 0 Å². The van der Waals surface area contributed by atoms with Crippen molar-refractivity contribution in [2.24, 2.45) is 0 Å². The molecule has 0 amide bonds. The van der Waals surface area contributed by atoms with Crippen molar-refractivity contribution in [3.63, 3.8) is 0 Å². The first-order valence-corrected chi connectivity index (χ1v) is 4.44. The molecule has 0 aliphatic heterocycles. The van der Waals surface area contributed by atoms with E-state index in [1.54, 1.807) is 13.0 Å². The summed E-state index contributed by atoms with van der Waals surface area (Å²) in [6.07, 6.45) is 0.0949. The summed E-state index contributed by atoms with van der Waals surface area (Å²) in [5.74, 6) is -1.19. The Hall–Kier alpha value is -1.51. The fraction of sp³-hybridized carbons (Fsp3) is 0.273. The number of ketones is 2. The molecule has 0 atom stereocenters. The van der Waals surface area contributed by atoms with Gasteiger partial charge in [0.1, 0.15) is 11.6 Å². The molecule has 1 rings (SSSR count). The van der Waals surface area contributed by atoms with Gasteiger partial charge in [-0.2, -0.15) is 0 Å². The van der Waals surface area contributed by atoms with Crippen molar-refractivity contribution < 1.29 is 14.0 Å². The molecule has 0 aromatic heterocycles. The highest BCUT2D eigenvalue weighted by Crippen LogP contribution is 2.09. The van der Waals surface area contributed by atoms with Crippen LogP contribution in [-0.4, -0.2) is 11.6 Å². The number of rotatable bonds is 4. The third-order valence-electron chi connectivity index (χ3n) is 1.93. The van der Waals surface area contributed by atoms with Gasteiger partial charge in [0.2, 0.25) is 0 Å². The molecule has 0 spiro atoms. The van der Waals surface area contributed by atoms with Crippen LogP contribution in [0, 0.1) is 5.82 Å². The lowest BCUT2D eigenvalue weighted by Crippen LogP contribution is -2.08. The Morgan fingerprint density at radius 1 is 1.29 bits per heavy atom. The van der Waals surface area contributed by atoms with Crippen molar-refractivity contribution in [1.29, 1.82) is 0 Å². The number of benzene rings is 1. The van der Waals surface area contributed by atoms with Gasteiger partial charge < -0.3 is 0 Å². The van der Waals surface area contributed by atoms with Gasteiger partial charge in [-0.05, 0) is 12.1 Å². The lowest BCUT2D eigenvalue weighted by atomic mass is 10.0. The minimum atomic E-state index is -0.568. The summed E-state index contributed by atoms with van der Waals surface area (Å²) in [5.41, 5.74) is -0.00528. The van der Waals surface area contributed by atoms with Gasteiger partial charge in [-0.3, -0.25) is 9.59 Å². The zero-order chi connectivity index (χ0) is 10.6. The second-order valence-electron chi connectivity index (χ2n) is 2.97. The quantitative estimate of drug-likeness (QED) is 0.544. The molecule has 0 unspecified atom stereocenters. The summed E-state index contributed by atoms with van der Waals surface area (Å²) in [6, 6.07) is 5.69. The van der Waals surface area contributed by atoms with E-state index in [-0.39, 0.29) is 17.8 Å². The van der Waals surface area contributed by atoms with E-state index < -0.39 is 11.6 Å². The molecule has 0 N–H and O–H groups in total. The molecule has 2 nitrogen and oxygen atoms in total. The Morgan fingerprint density at radius 3 is 2.50 bits per heavy atom. The Kier molecular flexibility index (Phi) is 3.51. The first-order chi connectivity index (χ1) is 6.65. The topological polar surface area (TPSA) is 34.1 Å². The van der Waals surface area contributed by atoms with E-state index in [4.69, 9.17) is 0 Å². The predicted octanol–water partition coefficient (Wildman–Crippen LogP) is 2.38. The number of halogens is 1. The normalized spacial score (nSPS) is 9.86. The van der Waals surface area contributed by atoms with Gasteiger partial charge in [0.05, 0.1) is 12.0 Å². The fourth-order valence-corrected chi connectivity index (χ4v) is 1.09. The lowest BCUT2D eigenvalue weighted by molar-refractivity contribution is -0.117. The van der Waals surface area contributed by atoms with E-state index in [2.05, 4.69) is 0 Å². The molecule has 0 heterocycles. The van der Waals surface area contributed by atoms with Gasteiger partial charge in [-0.1, -0.05) is 19.1 Å². The van der Waals surface area contributed by atoms with Crippen LogP contribution in [0.1, 0.15) is 30.1 Å². The van der Waals surface area contributed by atoms with Gasteiger partial charge >= 0.3 is 0 Å². The van der Waals surface area contributed by atoms with Crippen molar-refractivity contribution in [2.75, 3.05) is 0 Å². The molecule has 0 bridgehead atoms. The van der Waals surface area contributed by atoms with Crippen LogP contribution in [-0.2, 0) is 4.79 Å². The highest BCUT2D eigenvalue weighted by atomic mass is 19.1. The zero-order valence-corrected chi connectivity index (χ0v) is 7.92. The first-order valence-electron chi connectivity index (χ1n) is 4.44. The van der Waals surface area contributed by atoms with Crippen LogP contribution >= 0.6 is 0 Å². The summed E-state index contributed by atoms with van der Waals surface area (Å²) in [4.78, 5) is 22.3. The highest BCUT2D eigenvalue weighted by molar-refractivity contribution is 6.07. The Labute approximate surface area is 81.7 Å². The third-order valence-corrected chi connectivity index (χ3v) is 1.93. The zero-order valence-electron chi connectivity index (χ0n) is 7.92. The van der Waals surface area contributed by atoms with Crippen molar-refractivity contribution in [2.45, 2.75) is 19.8 Å². The Balaban J connectivity index is 2.80. The molecule has 0 radical (unpaired) electrons. The molecule has 14 heavy (non-hydrogen) atoms. The average molecular weight is 194 g/mol. The van der Waals surface area contributed by atoms with Gasteiger partial charge in [0.25, 0.3) is 0 Å². The molecule has 1 aromatic rings. The van der Waals surface area contributed by atoms with Crippen molar-refractivity contribution in [3.05, 3.63) is 35.6 Å². The standard InChI is InChI=1S/C11H11FO2/c1-2-8(13)7-11(14)9-5-3-4-6-10(9)12/h3-6H,2,7H2,1H3. The van der Waals surface area contributed by atoms with Crippen LogP contribution in [0.3, 0.4) is 0 Å². The molecule has 0 fully saturated rings. The predicted molar refractivity (Wildman–Crippen MR) is 50.6 cm³/mol. The van der Waals surface area contributed by atoms with Crippen molar-refractivity contribution >= 4 is 11.6 Å². The number of carbonyl (C=O) groups excluding carboxylic acids is 2. The van der Waals surface area contributed by atoms with E-state index >= 15 is 0 Å². The maximum absolute atomic E-state index is 13.1. The molecule has 0 aliphatic rings. The average Bonchev–Trinajstić information content (AvgIpc) is 2.18. The second-order valence-corrected chi connectivity index (χ2v) is 2.97. The summed E-state index contributed by atoms with van der Waals surface area (Å²) in [7, 11) is 0. The largest absolute Gasteiger partial charge is 0.299 e. The number of hydrogen-bond acceptors (Lipinski definition) is 2. The maximum atomic E-state index is 13.1. The highest BCUT2D eigenvalue weighted by Gasteiger charge is 2.13. The van der Waals surface area contributed by atoms with Gasteiger partial charge in [-0.25, -0.2) is 4.39 Å². The molecule has 0 aliphatic carbocycles.